The van der Waals surface area contributed by atoms with Crippen molar-refractivity contribution in [1.29, 1.82) is 0 Å². The Morgan fingerprint density at radius 1 is 0.556 bits per heavy atom. The minimum Gasteiger partial charge on any atom is -0.381 e. The zero-order chi connectivity index (χ0) is 13.3. The molecular formula is C16H34O2. The molecule has 2 saturated heterocycles. The van der Waals surface area contributed by atoms with E-state index < -0.39 is 0 Å². The number of ether oxygens (including phenoxy) is 2. The molecule has 0 unspecified atom stereocenters. The van der Waals surface area contributed by atoms with E-state index in [0.29, 0.717) is 0 Å². The van der Waals surface area contributed by atoms with Gasteiger partial charge in [0.2, 0.25) is 0 Å². The fourth-order valence-electron chi connectivity index (χ4n) is 1.87. The van der Waals surface area contributed by atoms with E-state index in [1.165, 1.54) is 64.2 Å². The lowest BCUT2D eigenvalue weighted by molar-refractivity contribution is 0.0967. The van der Waals surface area contributed by atoms with Crippen molar-refractivity contribution in [3.05, 3.63) is 0 Å². The molecule has 0 atom stereocenters. The lowest BCUT2D eigenvalue weighted by Gasteiger charge is -2.08. The third kappa shape index (κ3) is 15.9. The number of unbranched alkanes of at least 4 members (excludes halogenated alkanes) is 3. The Balaban J connectivity index is 0.000000241. The van der Waals surface area contributed by atoms with Gasteiger partial charge >= 0.3 is 0 Å². The minimum atomic E-state index is 1.00. The van der Waals surface area contributed by atoms with E-state index in [1.54, 1.807) is 0 Å². The molecule has 2 heterocycles. The van der Waals surface area contributed by atoms with E-state index in [9.17, 15) is 0 Å². The maximum atomic E-state index is 5.07. The quantitative estimate of drug-likeness (QED) is 0.666. The monoisotopic (exact) mass is 258 g/mol. The van der Waals surface area contributed by atoms with Gasteiger partial charge in [-0.25, -0.2) is 0 Å². The second kappa shape index (κ2) is 16.9. The normalized spacial score (nSPS) is 19.0. The molecule has 0 N–H and O–H groups in total. The van der Waals surface area contributed by atoms with E-state index in [2.05, 4.69) is 13.8 Å². The van der Waals surface area contributed by atoms with Gasteiger partial charge in [-0.2, -0.15) is 0 Å². The molecule has 0 bridgehead atoms. The highest BCUT2D eigenvalue weighted by Crippen LogP contribution is 2.02. The van der Waals surface area contributed by atoms with E-state index in [4.69, 9.17) is 9.47 Å². The molecule has 18 heavy (non-hydrogen) atoms. The van der Waals surface area contributed by atoms with Crippen LogP contribution >= 0.6 is 0 Å². The van der Waals surface area contributed by atoms with Gasteiger partial charge in [-0.15, -0.1) is 0 Å². The summed E-state index contributed by atoms with van der Waals surface area (Å²) in [5.41, 5.74) is 0. The molecule has 2 nitrogen and oxygen atoms in total. The molecule has 0 amide bonds. The molecule has 2 heteroatoms. The molecule has 2 aliphatic heterocycles. The van der Waals surface area contributed by atoms with Gasteiger partial charge < -0.3 is 9.47 Å². The Labute approximate surface area is 114 Å². The molecular weight excluding hydrogens is 224 g/mol. The molecule has 0 aromatic carbocycles. The highest BCUT2D eigenvalue weighted by molar-refractivity contribution is 4.45. The van der Waals surface area contributed by atoms with Crippen molar-refractivity contribution in [2.24, 2.45) is 0 Å². The first-order valence-electron chi connectivity index (χ1n) is 8.07. The van der Waals surface area contributed by atoms with E-state index in [-0.39, 0.29) is 0 Å². The maximum Gasteiger partial charge on any atom is 0.0466 e. The summed E-state index contributed by atoms with van der Waals surface area (Å²) in [4.78, 5) is 0. The van der Waals surface area contributed by atoms with Crippen LogP contribution in [0.4, 0.5) is 0 Å². The summed E-state index contributed by atoms with van der Waals surface area (Å²) >= 11 is 0. The fourth-order valence-corrected chi connectivity index (χ4v) is 1.87. The second-order valence-electron chi connectivity index (χ2n) is 5.05. The Bertz CT molecular complexity index is 90.0. The molecule has 0 aromatic rings. The predicted octanol–water partition coefficient (Wildman–Crippen LogP) is 4.96. The van der Waals surface area contributed by atoms with Crippen molar-refractivity contribution < 1.29 is 9.47 Å². The topological polar surface area (TPSA) is 18.5 Å². The molecule has 0 aromatic heterocycles. The summed E-state index contributed by atoms with van der Waals surface area (Å²) in [6.07, 6.45) is 13.4. The lowest BCUT2D eigenvalue weighted by Crippen LogP contribution is -2.03. The smallest absolute Gasteiger partial charge is 0.0466 e. The summed E-state index contributed by atoms with van der Waals surface area (Å²) in [5.74, 6) is 0. The largest absolute Gasteiger partial charge is 0.381 e. The zero-order valence-corrected chi connectivity index (χ0v) is 12.7. The van der Waals surface area contributed by atoms with Crippen LogP contribution in [0.25, 0.3) is 0 Å². The molecule has 2 aliphatic rings. The second-order valence-corrected chi connectivity index (χ2v) is 5.05. The highest BCUT2D eigenvalue weighted by Gasteiger charge is 1.95. The molecule has 110 valence electrons. The molecule has 0 spiro atoms. The van der Waals surface area contributed by atoms with Crippen LogP contribution in [0, 0.1) is 0 Å². The number of hydrogen-bond donors (Lipinski definition) is 0. The van der Waals surface area contributed by atoms with Crippen molar-refractivity contribution >= 4 is 0 Å². The van der Waals surface area contributed by atoms with E-state index in [1.807, 2.05) is 0 Å². The van der Waals surface area contributed by atoms with Crippen molar-refractivity contribution in [3.8, 4) is 0 Å². The minimum absolute atomic E-state index is 1.00. The van der Waals surface area contributed by atoms with Crippen LogP contribution in [-0.4, -0.2) is 26.4 Å². The van der Waals surface area contributed by atoms with Gasteiger partial charge in [0.15, 0.2) is 0 Å². The molecule has 0 radical (unpaired) electrons. The van der Waals surface area contributed by atoms with Gasteiger partial charge in [-0.05, 0) is 38.5 Å². The Kier molecular flexibility index (Phi) is 16.8. The van der Waals surface area contributed by atoms with Crippen LogP contribution in [0.15, 0.2) is 0 Å². The first-order valence-corrected chi connectivity index (χ1v) is 8.07. The van der Waals surface area contributed by atoms with Crippen molar-refractivity contribution in [1.82, 2.24) is 0 Å². The maximum absolute atomic E-state index is 5.07. The van der Waals surface area contributed by atoms with Crippen LogP contribution in [0.3, 0.4) is 0 Å². The molecule has 0 aliphatic carbocycles. The zero-order valence-electron chi connectivity index (χ0n) is 12.7. The van der Waals surface area contributed by atoms with Crippen molar-refractivity contribution in [2.75, 3.05) is 26.4 Å². The van der Waals surface area contributed by atoms with Crippen LogP contribution in [0.5, 0.6) is 0 Å². The molecule has 2 fully saturated rings. The Morgan fingerprint density at radius 2 is 0.889 bits per heavy atom. The third-order valence-electron chi connectivity index (χ3n) is 3.11. The summed E-state index contributed by atoms with van der Waals surface area (Å²) in [6, 6.07) is 0. The van der Waals surface area contributed by atoms with Gasteiger partial charge in [0, 0.05) is 26.4 Å². The predicted molar refractivity (Wildman–Crippen MR) is 79.2 cm³/mol. The van der Waals surface area contributed by atoms with Gasteiger partial charge in [-0.3, -0.25) is 0 Å². The van der Waals surface area contributed by atoms with Gasteiger partial charge in [0.25, 0.3) is 0 Å². The van der Waals surface area contributed by atoms with Crippen LogP contribution in [0.2, 0.25) is 0 Å². The van der Waals surface area contributed by atoms with Crippen molar-refractivity contribution in [2.45, 2.75) is 78.1 Å². The molecule has 2 rings (SSSR count). The third-order valence-corrected chi connectivity index (χ3v) is 3.11. The van der Waals surface area contributed by atoms with Crippen LogP contribution in [-0.2, 0) is 9.47 Å². The summed E-state index contributed by atoms with van der Waals surface area (Å²) in [6.45, 7) is 8.46. The Morgan fingerprint density at radius 3 is 1.00 bits per heavy atom. The van der Waals surface area contributed by atoms with Crippen LogP contribution in [0.1, 0.15) is 78.1 Å². The summed E-state index contributed by atoms with van der Waals surface area (Å²) in [7, 11) is 0. The lowest BCUT2D eigenvalue weighted by atomic mass is 10.2. The van der Waals surface area contributed by atoms with Gasteiger partial charge in [0.1, 0.15) is 0 Å². The average Bonchev–Trinajstić information content (AvgIpc) is 2.50. The average molecular weight is 258 g/mol. The van der Waals surface area contributed by atoms with Crippen molar-refractivity contribution in [3.63, 3.8) is 0 Å². The first-order chi connectivity index (χ1) is 8.91. The van der Waals surface area contributed by atoms with Crippen LogP contribution < -0.4 is 0 Å². The van der Waals surface area contributed by atoms with E-state index >= 15 is 0 Å². The number of hydrogen-bond acceptors (Lipinski definition) is 2. The van der Waals surface area contributed by atoms with Gasteiger partial charge in [-0.1, -0.05) is 39.5 Å². The summed E-state index contributed by atoms with van der Waals surface area (Å²) < 4.78 is 10.1. The number of rotatable bonds is 3. The highest BCUT2D eigenvalue weighted by atomic mass is 16.5. The van der Waals surface area contributed by atoms with E-state index in [0.717, 1.165) is 26.4 Å². The SMILES string of the molecule is C1CCOCC1.C1CCOCC1.CCCCCC. The first kappa shape index (κ1) is 17.9. The standard InChI is InChI=1S/C6H14.2C5H10O/c1-3-5-6-4-2;2*1-2-4-6-5-3-1/h3-6H2,1-2H3;2*1-5H2. The van der Waals surface area contributed by atoms with Gasteiger partial charge in [0.05, 0.1) is 0 Å². The Hall–Kier alpha value is -0.0800. The fraction of sp³-hybridized carbons (Fsp3) is 1.00. The molecule has 0 saturated carbocycles. The summed E-state index contributed by atoms with van der Waals surface area (Å²) in [5, 5.41) is 0.